The molecule has 1 N–H and O–H groups in total. The second-order valence-electron chi connectivity index (χ2n) is 4.65. The van der Waals surface area contributed by atoms with Crippen molar-refractivity contribution in [2.45, 2.75) is 6.54 Å². The molecule has 8 heteroatoms. The van der Waals surface area contributed by atoms with Gasteiger partial charge < -0.3 is 14.5 Å². The molecule has 1 saturated heterocycles. The third-order valence-corrected chi connectivity index (χ3v) is 3.97. The van der Waals surface area contributed by atoms with Gasteiger partial charge in [0.1, 0.15) is 11.5 Å². The van der Waals surface area contributed by atoms with Gasteiger partial charge in [0.15, 0.2) is 0 Å². The Balaban J connectivity index is 1.76. The van der Waals surface area contributed by atoms with Crippen LogP contribution in [0.1, 0.15) is 21.2 Å². The van der Waals surface area contributed by atoms with Crippen molar-refractivity contribution in [3.8, 4) is 0 Å². The number of esters is 1. The number of imide groups is 1. The zero-order valence-electron chi connectivity index (χ0n) is 12.1. The van der Waals surface area contributed by atoms with Crippen LogP contribution in [0.3, 0.4) is 0 Å². The molecule has 2 aromatic rings. The summed E-state index contributed by atoms with van der Waals surface area (Å²) in [6.07, 6.45) is 1.62. The van der Waals surface area contributed by atoms with Crippen LogP contribution < -0.4 is 5.32 Å². The number of carbonyl (C=O) groups excluding carboxylic acids is 3. The van der Waals surface area contributed by atoms with Crippen molar-refractivity contribution in [2.75, 3.05) is 7.11 Å². The molecule has 7 nitrogen and oxygen atoms in total. The van der Waals surface area contributed by atoms with Gasteiger partial charge in [0.25, 0.3) is 5.91 Å². The van der Waals surface area contributed by atoms with E-state index in [2.05, 4.69) is 10.1 Å². The molecule has 1 aliphatic rings. The highest BCUT2D eigenvalue weighted by Crippen LogP contribution is 2.20. The second kappa shape index (κ2) is 6.09. The normalized spacial score (nSPS) is 16.0. The zero-order valence-corrected chi connectivity index (χ0v) is 12.9. The predicted molar refractivity (Wildman–Crippen MR) is 81.4 cm³/mol. The summed E-state index contributed by atoms with van der Waals surface area (Å²) < 4.78 is 9.81. The Morgan fingerprint density at radius 3 is 2.91 bits per heavy atom. The highest BCUT2D eigenvalue weighted by Gasteiger charge is 2.34. The molecule has 0 aliphatic carbocycles. The van der Waals surface area contributed by atoms with Gasteiger partial charge in [0.05, 0.1) is 13.7 Å². The molecule has 0 bridgehead atoms. The van der Waals surface area contributed by atoms with Gasteiger partial charge in [-0.15, -0.1) is 11.3 Å². The summed E-state index contributed by atoms with van der Waals surface area (Å²) in [5.74, 6) is -0.735. The summed E-state index contributed by atoms with van der Waals surface area (Å²) in [4.78, 5) is 37.5. The third-order valence-electron chi connectivity index (χ3n) is 3.15. The van der Waals surface area contributed by atoms with Crippen LogP contribution in [0.2, 0.25) is 0 Å². The molecular formula is C15H12N2O5S. The molecule has 0 radical (unpaired) electrons. The van der Waals surface area contributed by atoms with Gasteiger partial charge in [0.2, 0.25) is 5.76 Å². The van der Waals surface area contributed by atoms with Crippen LogP contribution in [0.25, 0.3) is 6.08 Å². The lowest BCUT2D eigenvalue weighted by Gasteiger charge is -2.09. The Bertz CT molecular complexity index is 791. The summed E-state index contributed by atoms with van der Waals surface area (Å²) in [7, 11) is 1.24. The van der Waals surface area contributed by atoms with Crippen LogP contribution in [0.4, 0.5) is 4.79 Å². The van der Waals surface area contributed by atoms with Crippen LogP contribution in [-0.2, 0) is 16.1 Å². The molecule has 0 aromatic carbocycles. The molecule has 118 valence electrons. The Hall–Kier alpha value is -2.87. The first-order valence-electron chi connectivity index (χ1n) is 6.63. The summed E-state index contributed by atoms with van der Waals surface area (Å²) in [5, 5.41) is 4.40. The number of amides is 3. The quantitative estimate of drug-likeness (QED) is 0.527. The summed E-state index contributed by atoms with van der Waals surface area (Å²) in [5.41, 5.74) is 0.206. The number of nitrogens with zero attached hydrogens (tertiary/aromatic N) is 1. The maximum Gasteiger partial charge on any atom is 0.373 e. The maximum absolute atomic E-state index is 12.3. The molecule has 3 heterocycles. The lowest BCUT2D eigenvalue weighted by molar-refractivity contribution is -0.123. The average Bonchev–Trinajstić information content (AvgIpc) is 3.26. The minimum Gasteiger partial charge on any atom is -0.463 e. The zero-order chi connectivity index (χ0) is 16.4. The number of methoxy groups -OCH3 is 1. The van der Waals surface area contributed by atoms with Gasteiger partial charge in [-0.25, -0.2) is 9.59 Å². The number of hydrogen-bond acceptors (Lipinski definition) is 6. The van der Waals surface area contributed by atoms with Crippen molar-refractivity contribution in [1.82, 2.24) is 10.2 Å². The topological polar surface area (TPSA) is 88.9 Å². The van der Waals surface area contributed by atoms with Crippen molar-refractivity contribution in [2.24, 2.45) is 0 Å². The van der Waals surface area contributed by atoms with E-state index in [1.807, 2.05) is 17.5 Å². The predicted octanol–water partition coefficient (Wildman–Crippen LogP) is 2.22. The standard InChI is InChI=1S/C15H12N2O5S/c1-21-14(19)12-5-4-9(22-12)8-17-13(18)11(16-15(17)20)7-10-3-2-6-23-10/h2-7H,8H2,1H3,(H,16,20). The fraction of sp³-hybridized carbons (Fsp3) is 0.133. The van der Waals surface area contributed by atoms with Crippen LogP contribution in [0, 0.1) is 0 Å². The molecule has 3 rings (SSSR count). The molecule has 23 heavy (non-hydrogen) atoms. The second-order valence-corrected chi connectivity index (χ2v) is 5.63. The molecular weight excluding hydrogens is 320 g/mol. The number of ether oxygens (including phenoxy) is 1. The van der Waals surface area contributed by atoms with E-state index in [-0.39, 0.29) is 18.0 Å². The highest BCUT2D eigenvalue weighted by atomic mass is 32.1. The van der Waals surface area contributed by atoms with Crippen molar-refractivity contribution in [3.05, 3.63) is 51.7 Å². The molecule has 1 aliphatic heterocycles. The van der Waals surface area contributed by atoms with E-state index in [9.17, 15) is 14.4 Å². The Labute approximate surface area is 135 Å². The van der Waals surface area contributed by atoms with Gasteiger partial charge in [-0.1, -0.05) is 6.07 Å². The van der Waals surface area contributed by atoms with Crippen LogP contribution >= 0.6 is 11.3 Å². The minimum atomic E-state index is -0.619. The lowest BCUT2D eigenvalue weighted by Crippen LogP contribution is -2.30. The van der Waals surface area contributed by atoms with Crippen LogP contribution in [0.5, 0.6) is 0 Å². The van der Waals surface area contributed by atoms with Gasteiger partial charge in [-0.2, -0.15) is 0 Å². The first kappa shape index (κ1) is 15.0. The van der Waals surface area contributed by atoms with Crippen LogP contribution in [0.15, 0.2) is 39.8 Å². The van der Waals surface area contributed by atoms with E-state index in [1.165, 1.54) is 30.6 Å². The van der Waals surface area contributed by atoms with E-state index in [4.69, 9.17) is 4.42 Å². The lowest BCUT2D eigenvalue weighted by atomic mass is 10.3. The highest BCUT2D eigenvalue weighted by molar-refractivity contribution is 7.10. The minimum absolute atomic E-state index is 0.0175. The Morgan fingerprint density at radius 1 is 1.39 bits per heavy atom. The number of urea groups is 1. The van der Waals surface area contributed by atoms with Crippen molar-refractivity contribution in [3.63, 3.8) is 0 Å². The number of carbonyl (C=O) groups is 3. The summed E-state index contributed by atoms with van der Waals surface area (Å²) in [6, 6.07) is 6.12. The van der Waals surface area contributed by atoms with Crippen molar-refractivity contribution >= 4 is 35.3 Å². The third kappa shape index (κ3) is 3.02. The van der Waals surface area contributed by atoms with Gasteiger partial charge >= 0.3 is 12.0 Å². The maximum atomic E-state index is 12.3. The van der Waals surface area contributed by atoms with Gasteiger partial charge in [-0.05, 0) is 29.7 Å². The summed E-state index contributed by atoms with van der Waals surface area (Å²) >= 11 is 1.46. The summed E-state index contributed by atoms with van der Waals surface area (Å²) in [6.45, 7) is -0.0660. The molecule has 3 amide bonds. The smallest absolute Gasteiger partial charge is 0.373 e. The number of rotatable bonds is 4. The van der Waals surface area contributed by atoms with Crippen molar-refractivity contribution in [1.29, 1.82) is 0 Å². The fourth-order valence-corrected chi connectivity index (χ4v) is 2.72. The van der Waals surface area contributed by atoms with Crippen LogP contribution in [-0.4, -0.2) is 29.9 Å². The van der Waals surface area contributed by atoms with Gasteiger partial charge in [-0.3, -0.25) is 9.69 Å². The molecule has 0 atom stereocenters. The molecule has 0 saturated carbocycles. The molecule has 2 aromatic heterocycles. The Kier molecular flexibility index (Phi) is 3.98. The van der Waals surface area contributed by atoms with E-state index < -0.39 is 17.9 Å². The monoisotopic (exact) mass is 332 g/mol. The van der Waals surface area contributed by atoms with Gasteiger partial charge in [0, 0.05) is 4.88 Å². The molecule has 0 unspecified atom stereocenters. The molecule has 0 spiro atoms. The largest absolute Gasteiger partial charge is 0.463 e. The first-order valence-corrected chi connectivity index (χ1v) is 7.51. The van der Waals surface area contributed by atoms with E-state index in [0.29, 0.717) is 5.76 Å². The number of thiophene rings is 1. The number of hydrogen-bond donors (Lipinski definition) is 1. The van der Waals surface area contributed by atoms with E-state index >= 15 is 0 Å². The molecule has 1 fully saturated rings. The SMILES string of the molecule is COC(=O)c1ccc(CN2C(=O)NC(=Cc3cccs3)C2=O)o1. The number of furan rings is 1. The van der Waals surface area contributed by atoms with E-state index in [1.54, 1.807) is 6.08 Å². The van der Waals surface area contributed by atoms with E-state index in [0.717, 1.165) is 9.78 Å². The fourth-order valence-electron chi connectivity index (χ4n) is 2.06. The first-order chi connectivity index (χ1) is 11.1. The Morgan fingerprint density at radius 2 is 2.22 bits per heavy atom. The average molecular weight is 332 g/mol. The van der Waals surface area contributed by atoms with Crippen molar-refractivity contribution < 1.29 is 23.5 Å². The number of nitrogens with one attached hydrogen (secondary N) is 1.